The topological polar surface area (TPSA) is 35.2 Å². The van der Waals surface area contributed by atoms with Gasteiger partial charge in [-0.25, -0.2) is 0 Å². The molecule has 0 aliphatic heterocycles. The Balaban J connectivity index is 2.22. The maximum atomic E-state index is 5.74. The van der Waals surface area contributed by atoms with Crippen molar-refractivity contribution < 1.29 is 4.74 Å². The van der Waals surface area contributed by atoms with Crippen molar-refractivity contribution in [2.45, 2.75) is 25.5 Å². The maximum absolute atomic E-state index is 5.74. The normalized spacial score (nSPS) is 15.8. The third kappa shape index (κ3) is 2.14. The Morgan fingerprint density at radius 3 is 2.85 bits per heavy atom. The van der Waals surface area contributed by atoms with Gasteiger partial charge in [0, 0.05) is 6.54 Å². The lowest BCUT2D eigenvalue weighted by Crippen LogP contribution is -2.03. The maximum Gasteiger partial charge on any atom is 0.133 e. The van der Waals surface area contributed by atoms with E-state index in [1.54, 1.807) is 0 Å². The van der Waals surface area contributed by atoms with Gasteiger partial charge in [-0.3, -0.25) is 0 Å². The summed E-state index contributed by atoms with van der Waals surface area (Å²) in [6.07, 6.45) is 2.85. The van der Waals surface area contributed by atoms with Crippen LogP contribution >= 0.6 is 22.6 Å². The van der Waals surface area contributed by atoms with E-state index < -0.39 is 0 Å². The SMILES string of the molecule is NCc1cccc(OC2CC2)c1I. The molecule has 3 heteroatoms. The molecule has 2 nitrogen and oxygen atoms in total. The third-order valence-corrected chi connectivity index (χ3v) is 3.31. The highest BCUT2D eigenvalue weighted by molar-refractivity contribution is 14.1. The van der Waals surface area contributed by atoms with Crippen LogP contribution in [0.2, 0.25) is 0 Å². The van der Waals surface area contributed by atoms with Crippen molar-refractivity contribution in [3.8, 4) is 5.75 Å². The predicted octanol–water partition coefficient (Wildman–Crippen LogP) is 2.29. The average Bonchev–Trinajstić information content (AvgIpc) is 2.92. The number of nitrogens with two attached hydrogens (primary N) is 1. The van der Waals surface area contributed by atoms with E-state index in [2.05, 4.69) is 22.6 Å². The van der Waals surface area contributed by atoms with Crippen LogP contribution in [0.4, 0.5) is 0 Å². The highest BCUT2D eigenvalue weighted by Crippen LogP contribution is 2.31. The predicted molar refractivity (Wildman–Crippen MR) is 60.7 cm³/mol. The molecule has 0 saturated heterocycles. The Kier molecular flexibility index (Phi) is 2.74. The molecule has 1 aliphatic rings. The van der Waals surface area contributed by atoms with Crippen LogP contribution in [-0.4, -0.2) is 6.10 Å². The zero-order valence-corrected chi connectivity index (χ0v) is 9.45. The lowest BCUT2D eigenvalue weighted by atomic mass is 10.2. The summed E-state index contributed by atoms with van der Waals surface area (Å²) in [6.45, 7) is 0.583. The summed E-state index contributed by atoms with van der Waals surface area (Å²) in [5.41, 5.74) is 6.77. The Labute approximate surface area is 91.6 Å². The molecule has 0 aromatic heterocycles. The molecule has 13 heavy (non-hydrogen) atoms. The molecular formula is C10H12INO. The van der Waals surface area contributed by atoms with Gasteiger partial charge in [-0.15, -0.1) is 0 Å². The van der Waals surface area contributed by atoms with Gasteiger partial charge in [0.15, 0.2) is 0 Å². The van der Waals surface area contributed by atoms with E-state index in [-0.39, 0.29) is 0 Å². The molecule has 70 valence electrons. The molecule has 1 fully saturated rings. The van der Waals surface area contributed by atoms with Gasteiger partial charge in [0.05, 0.1) is 9.67 Å². The summed E-state index contributed by atoms with van der Waals surface area (Å²) in [7, 11) is 0. The van der Waals surface area contributed by atoms with E-state index in [0.29, 0.717) is 12.6 Å². The summed E-state index contributed by atoms with van der Waals surface area (Å²) < 4.78 is 6.90. The van der Waals surface area contributed by atoms with Gasteiger partial charge in [0.1, 0.15) is 5.75 Å². The summed E-state index contributed by atoms with van der Waals surface area (Å²) in [4.78, 5) is 0. The number of halogens is 1. The first-order valence-corrected chi connectivity index (χ1v) is 5.53. The lowest BCUT2D eigenvalue weighted by Gasteiger charge is -2.09. The van der Waals surface area contributed by atoms with Gasteiger partial charge in [-0.1, -0.05) is 12.1 Å². The van der Waals surface area contributed by atoms with Crippen molar-refractivity contribution in [3.05, 3.63) is 27.3 Å². The van der Waals surface area contributed by atoms with E-state index in [0.717, 1.165) is 9.32 Å². The Morgan fingerprint density at radius 2 is 2.23 bits per heavy atom. The zero-order chi connectivity index (χ0) is 9.26. The summed E-state index contributed by atoms with van der Waals surface area (Å²) in [6, 6.07) is 6.06. The molecule has 0 amide bonds. The molecule has 1 aromatic rings. The van der Waals surface area contributed by atoms with E-state index in [4.69, 9.17) is 10.5 Å². The van der Waals surface area contributed by atoms with E-state index in [1.165, 1.54) is 18.4 Å². The van der Waals surface area contributed by atoms with Crippen molar-refractivity contribution in [1.82, 2.24) is 0 Å². The van der Waals surface area contributed by atoms with Gasteiger partial charge < -0.3 is 10.5 Å². The van der Waals surface area contributed by atoms with Crippen molar-refractivity contribution in [2.24, 2.45) is 5.73 Å². The number of benzene rings is 1. The largest absolute Gasteiger partial charge is 0.489 e. The van der Waals surface area contributed by atoms with Gasteiger partial charge in [0.2, 0.25) is 0 Å². The van der Waals surface area contributed by atoms with Crippen LogP contribution in [0.1, 0.15) is 18.4 Å². The minimum Gasteiger partial charge on any atom is -0.489 e. The number of ether oxygens (including phenoxy) is 1. The molecule has 2 rings (SSSR count). The van der Waals surface area contributed by atoms with Crippen LogP contribution in [-0.2, 0) is 6.54 Å². The van der Waals surface area contributed by atoms with Gasteiger partial charge in [0.25, 0.3) is 0 Å². The molecule has 1 saturated carbocycles. The summed E-state index contributed by atoms with van der Waals surface area (Å²) in [5, 5.41) is 0. The second kappa shape index (κ2) is 3.84. The molecule has 0 heterocycles. The molecule has 1 aliphatic carbocycles. The molecule has 1 aromatic carbocycles. The lowest BCUT2D eigenvalue weighted by molar-refractivity contribution is 0.300. The summed E-state index contributed by atoms with van der Waals surface area (Å²) >= 11 is 2.30. The van der Waals surface area contributed by atoms with E-state index >= 15 is 0 Å². The van der Waals surface area contributed by atoms with Crippen LogP contribution in [0, 0.1) is 3.57 Å². The molecule has 0 radical (unpaired) electrons. The van der Waals surface area contributed by atoms with Crippen LogP contribution < -0.4 is 10.5 Å². The molecule has 2 N–H and O–H groups in total. The van der Waals surface area contributed by atoms with Crippen molar-refractivity contribution >= 4 is 22.6 Å². The van der Waals surface area contributed by atoms with Crippen LogP contribution in [0.25, 0.3) is 0 Å². The Bertz CT molecular complexity index is 310. The first-order chi connectivity index (χ1) is 6.31. The second-order valence-corrected chi connectivity index (χ2v) is 4.33. The quantitative estimate of drug-likeness (QED) is 0.867. The van der Waals surface area contributed by atoms with E-state index in [1.807, 2.05) is 18.2 Å². The number of hydrogen-bond donors (Lipinski definition) is 1. The highest BCUT2D eigenvalue weighted by Gasteiger charge is 2.24. The first kappa shape index (κ1) is 9.27. The molecule has 0 atom stereocenters. The second-order valence-electron chi connectivity index (χ2n) is 3.25. The zero-order valence-electron chi connectivity index (χ0n) is 7.29. The molecular weight excluding hydrogens is 277 g/mol. The fraction of sp³-hybridized carbons (Fsp3) is 0.400. The van der Waals surface area contributed by atoms with Crippen LogP contribution in [0.15, 0.2) is 18.2 Å². The summed E-state index contributed by atoms with van der Waals surface area (Å²) in [5.74, 6) is 0.992. The van der Waals surface area contributed by atoms with Crippen molar-refractivity contribution in [1.29, 1.82) is 0 Å². The number of hydrogen-bond acceptors (Lipinski definition) is 2. The molecule has 0 unspecified atom stereocenters. The van der Waals surface area contributed by atoms with Crippen LogP contribution in [0.3, 0.4) is 0 Å². The fourth-order valence-corrected chi connectivity index (χ4v) is 1.88. The third-order valence-electron chi connectivity index (χ3n) is 2.08. The van der Waals surface area contributed by atoms with E-state index in [9.17, 15) is 0 Å². The highest BCUT2D eigenvalue weighted by atomic mass is 127. The fourth-order valence-electron chi connectivity index (χ4n) is 1.17. The van der Waals surface area contributed by atoms with Crippen molar-refractivity contribution in [2.75, 3.05) is 0 Å². The van der Waals surface area contributed by atoms with Crippen molar-refractivity contribution in [3.63, 3.8) is 0 Å². The smallest absolute Gasteiger partial charge is 0.133 e. The molecule has 0 spiro atoms. The van der Waals surface area contributed by atoms with Crippen LogP contribution in [0.5, 0.6) is 5.75 Å². The Morgan fingerprint density at radius 1 is 1.46 bits per heavy atom. The monoisotopic (exact) mass is 289 g/mol. The number of rotatable bonds is 3. The first-order valence-electron chi connectivity index (χ1n) is 4.45. The van der Waals surface area contributed by atoms with Gasteiger partial charge in [-0.2, -0.15) is 0 Å². The van der Waals surface area contributed by atoms with Gasteiger partial charge >= 0.3 is 0 Å². The minimum atomic E-state index is 0.460. The average molecular weight is 289 g/mol. The molecule has 0 bridgehead atoms. The minimum absolute atomic E-state index is 0.460. The standard InChI is InChI=1S/C10H12INO/c11-10-7(6-12)2-1-3-9(10)13-8-4-5-8/h1-3,8H,4-6,12H2. The Hall–Kier alpha value is -0.290. The van der Waals surface area contributed by atoms with Gasteiger partial charge in [-0.05, 0) is 47.1 Å².